The lowest BCUT2D eigenvalue weighted by atomic mass is 10.1. The third-order valence-electron chi connectivity index (χ3n) is 2.17. The highest BCUT2D eigenvalue weighted by Crippen LogP contribution is 2.10. The number of aromatic nitrogens is 2. The molecule has 1 heterocycles. The van der Waals surface area contributed by atoms with E-state index in [0.29, 0.717) is 0 Å². The number of carbonyl (C=O) groups excluding carboxylic acids is 1. The number of aromatic amines is 1. The van der Waals surface area contributed by atoms with Gasteiger partial charge in [0.2, 0.25) is 0 Å². The molecule has 0 fully saturated rings. The SMILES string of the molecule is CCCC(CCc1c[nH]cn1)OC(N)=O. The lowest BCUT2D eigenvalue weighted by Crippen LogP contribution is -2.23. The number of amides is 1. The maximum absolute atomic E-state index is 10.6. The number of hydrogen-bond donors (Lipinski definition) is 2. The quantitative estimate of drug-likeness (QED) is 0.750. The standard InChI is InChI=1S/C10H17N3O2/c1-2-3-9(15-10(11)14)5-4-8-6-12-7-13-8/h6-7,9H,2-5H2,1H3,(H2,11,14)(H,12,13). The number of hydrogen-bond acceptors (Lipinski definition) is 3. The molecule has 1 aromatic rings. The fourth-order valence-electron chi connectivity index (χ4n) is 1.48. The van der Waals surface area contributed by atoms with Crippen LogP contribution in [0.2, 0.25) is 0 Å². The number of nitrogens with two attached hydrogens (primary N) is 1. The molecule has 5 nitrogen and oxygen atoms in total. The van der Waals surface area contributed by atoms with Crippen LogP contribution in [0.4, 0.5) is 4.79 Å². The first-order chi connectivity index (χ1) is 7.22. The van der Waals surface area contributed by atoms with E-state index in [0.717, 1.165) is 31.4 Å². The summed E-state index contributed by atoms with van der Waals surface area (Å²) in [5.74, 6) is 0. The van der Waals surface area contributed by atoms with Gasteiger partial charge in [-0.2, -0.15) is 0 Å². The van der Waals surface area contributed by atoms with Crippen molar-refractivity contribution in [3.63, 3.8) is 0 Å². The van der Waals surface area contributed by atoms with E-state index >= 15 is 0 Å². The van der Waals surface area contributed by atoms with E-state index in [9.17, 15) is 4.79 Å². The van der Waals surface area contributed by atoms with Crippen LogP contribution < -0.4 is 5.73 Å². The first-order valence-electron chi connectivity index (χ1n) is 5.16. The molecule has 0 aromatic carbocycles. The Kier molecular flexibility index (Phi) is 4.66. The molecule has 0 aliphatic rings. The second-order valence-electron chi connectivity index (χ2n) is 3.45. The number of aryl methyl sites for hydroxylation is 1. The van der Waals surface area contributed by atoms with E-state index in [1.54, 1.807) is 6.33 Å². The van der Waals surface area contributed by atoms with Gasteiger partial charge in [-0.25, -0.2) is 9.78 Å². The van der Waals surface area contributed by atoms with Crippen LogP contribution in [0.15, 0.2) is 12.5 Å². The zero-order valence-corrected chi connectivity index (χ0v) is 8.90. The topological polar surface area (TPSA) is 81.0 Å². The van der Waals surface area contributed by atoms with Crippen LogP contribution in [0.25, 0.3) is 0 Å². The van der Waals surface area contributed by atoms with Crippen molar-refractivity contribution < 1.29 is 9.53 Å². The molecule has 0 bridgehead atoms. The van der Waals surface area contributed by atoms with Gasteiger partial charge in [-0.3, -0.25) is 0 Å². The molecule has 1 unspecified atom stereocenters. The molecule has 0 radical (unpaired) electrons. The molecule has 84 valence electrons. The fourth-order valence-corrected chi connectivity index (χ4v) is 1.48. The summed E-state index contributed by atoms with van der Waals surface area (Å²) in [6, 6.07) is 0. The minimum absolute atomic E-state index is 0.0933. The van der Waals surface area contributed by atoms with Crippen molar-refractivity contribution in [3.8, 4) is 0 Å². The Morgan fingerprint density at radius 3 is 3.00 bits per heavy atom. The van der Waals surface area contributed by atoms with Crippen LogP contribution in [0, 0.1) is 0 Å². The normalized spacial score (nSPS) is 12.3. The van der Waals surface area contributed by atoms with Gasteiger partial charge in [-0.15, -0.1) is 0 Å². The molecule has 0 spiro atoms. The second kappa shape index (κ2) is 6.06. The van der Waals surface area contributed by atoms with Gasteiger partial charge >= 0.3 is 6.09 Å². The van der Waals surface area contributed by atoms with Crippen LogP contribution in [0.3, 0.4) is 0 Å². The summed E-state index contributed by atoms with van der Waals surface area (Å²) in [5.41, 5.74) is 5.97. The molecule has 0 aliphatic heterocycles. The Labute approximate surface area is 89.0 Å². The van der Waals surface area contributed by atoms with E-state index in [1.807, 2.05) is 13.1 Å². The molecule has 0 saturated heterocycles. The van der Waals surface area contributed by atoms with Crippen molar-refractivity contribution in [1.82, 2.24) is 9.97 Å². The van der Waals surface area contributed by atoms with E-state index in [2.05, 4.69) is 9.97 Å². The van der Waals surface area contributed by atoms with Crippen LogP contribution in [-0.2, 0) is 11.2 Å². The molecular weight excluding hydrogens is 194 g/mol. The number of nitrogens with one attached hydrogen (secondary N) is 1. The number of rotatable bonds is 6. The van der Waals surface area contributed by atoms with Crippen LogP contribution in [0.1, 0.15) is 31.9 Å². The zero-order chi connectivity index (χ0) is 11.1. The first-order valence-corrected chi connectivity index (χ1v) is 5.16. The lowest BCUT2D eigenvalue weighted by Gasteiger charge is -2.14. The number of carbonyl (C=O) groups is 1. The zero-order valence-electron chi connectivity index (χ0n) is 8.90. The largest absolute Gasteiger partial charge is 0.446 e. The summed E-state index contributed by atoms with van der Waals surface area (Å²) < 4.78 is 4.99. The molecular formula is C10H17N3O2. The van der Waals surface area contributed by atoms with E-state index in [1.165, 1.54) is 0 Å². The smallest absolute Gasteiger partial charge is 0.404 e. The first kappa shape index (κ1) is 11.6. The highest BCUT2D eigenvalue weighted by Gasteiger charge is 2.11. The van der Waals surface area contributed by atoms with Crippen molar-refractivity contribution in [2.45, 2.75) is 38.7 Å². The van der Waals surface area contributed by atoms with Gasteiger partial charge in [0, 0.05) is 6.20 Å². The van der Waals surface area contributed by atoms with Crippen molar-refractivity contribution in [3.05, 3.63) is 18.2 Å². The van der Waals surface area contributed by atoms with Gasteiger partial charge in [0.05, 0.1) is 12.0 Å². The average Bonchev–Trinajstić information content (AvgIpc) is 2.66. The van der Waals surface area contributed by atoms with Crippen molar-refractivity contribution in [2.75, 3.05) is 0 Å². The maximum atomic E-state index is 10.6. The van der Waals surface area contributed by atoms with Crippen molar-refractivity contribution in [2.24, 2.45) is 5.73 Å². The monoisotopic (exact) mass is 211 g/mol. The lowest BCUT2D eigenvalue weighted by molar-refractivity contribution is 0.0953. The Morgan fingerprint density at radius 1 is 1.67 bits per heavy atom. The molecule has 15 heavy (non-hydrogen) atoms. The second-order valence-corrected chi connectivity index (χ2v) is 3.45. The minimum Gasteiger partial charge on any atom is -0.446 e. The van der Waals surface area contributed by atoms with Crippen molar-refractivity contribution in [1.29, 1.82) is 0 Å². The highest BCUT2D eigenvalue weighted by atomic mass is 16.6. The number of nitrogens with zero attached hydrogens (tertiary/aromatic N) is 1. The molecule has 1 aromatic heterocycles. The summed E-state index contributed by atoms with van der Waals surface area (Å²) in [4.78, 5) is 17.6. The number of primary amides is 1. The van der Waals surface area contributed by atoms with Gasteiger partial charge in [-0.05, 0) is 19.3 Å². The molecule has 1 atom stereocenters. The van der Waals surface area contributed by atoms with Gasteiger partial charge < -0.3 is 15.5 Å². The number of imidazole rings is 1. The van der Waals surface area contributed by atoms with E-state index in [-0.39, 0.29) is 6.10 Å². The summed E-state index contributed by atoms with van der Waals surface area (Å²) in [6.07, 6.45) is 6.06. The summed E-state index contributed by atoms with van der Waals surface area (Å²) in [7, 11) is 0. The molecule has 1 rings (SSSR count). The Hall–Kier alpha value is -1.52. The third-order valence-corrected chi connectivity index (χ3v) is 2.17. The fraction of sp³-hybridized carbons (Fsp3) is 0.600. The van der Waals surface area contributed by atoms with Crippen LogP contribution in [0.5, 0.6) is 0 Å². The number of ether oxygens (including phenoxy) is 1. The van der Waals surface area contributed by atoms with Gasteiger partial charge in [0.25, 0.3) is 0 Å². The summed E-state index contributed by atoms with van der Waals surface area (Å²) in [6.45, 7) is 2.05. The van der Waals surface area contributed by atoms with E-state index < -0.39 is 6.09 Å². The summed E-state index contributed by atoms with van der Waals surface area (Å²) >= 11 is 0. The van der Waals surface area contributed by atoms with Crippen LogP contribution in [-0.4, -0.2) is 22.2 Å². The van der Waals surface area contributed by atoms with Gasteiger partial charge in [0.15, 0.2) is 0 Å². The highest BCUT2D eigenvalue weighted by molar-refractivity contribution is 5.64. The minimum atomic E-state index is -0.699. The number of H-pyrrole nitrogens is 1. The van der Waals surface area contributed by atoms with Crippen LogP contribution >= 0.6 is 0 Å². The predicted molar refractivity (Wildman–Crippen MR) is 56.3 cm³/mol. The van der Waals surface area contributed by atoms with Gasteiger partial charge in [-0.1, -0.05) is 13.3 Å². The Balaban J connectivity index is 2.34. The van der Waals surface area contributed by atoms with Gasteiger partial charge in [0.1, 0.15) is 6.10 Å². The Morgan fingerprint density at radius 2 is 2.47 bits per heavy atom. The molecule has 3 N–H and O–H groups in total. The maximum Gasteiger partial charge on any atom is 0.404 e. The third kappa shape index (κ3) is 4.49. The molecule has 1 amide bonds. The average molecular weight is 211 g/mol. The Bertz CT molecular complexity index is 285. The summed E-state index contributed by atoms with van der Waals surface area (Å²) in [5, 5.41) is 0. The predicted octanol–water partition coefficient (Wildman–Crippen LogP) is 1.61. The van der Waals surface area contributed by atoms with Crippen molar-refractivity contribution >= 4 is 6.09 Å². The van der Waals surface area contributed by atoms with E-state index in [4.69, 9.17) is 10.5 Å². The molecule has 0 aliphatic carbocycles. The molecule has 5 heteroatoms. The molecule has 0 saturated carbocycles.